The van der Waals surface area contributed by atoms with Crippen LogP contribution < -0.4 is 10.6 Å². The van der Waals surface area contributed by atoms with Gasteiger partial charge in [-0.15, -0.1) is 0 Å². The molecule has 2 aromatic rings. The van der Waals surface area contributed by atoms with Crippen LogP contribution in [0, 0.1) is 0 Å². The van der Waals surface area contributed by atoms with E-state index < -0.39 is 50.8 Å². The first-order chi connectivity index (χ1) is 16.0. The van der Waals surface area contributed by atoms with Gasteiger partial charge in [-0.25, -0.2) is 0 Å². The fourth-order valence-electron chi connectivity index (χ4n) is 3.93. The first-order valence-electron chi connectivity index (χ1n) is 10.4. The summed E-state index contributed by atoms with van der Waals surface area (Å²) in [6.45, 7) is 5.25. The van der Waals surface area contributed by atoms with Gasteiger partial charge in [-0.05, 0) is 47.2 Å². The van der Waals surface area contributed by atoms with E-state index in [1.807, 2.05) is 0 Å². The summed E-state index contributed by atoms with van der Waals surface area (Å²) in [5.41, 5.74) is -7.05. The number of alkyl halides is 6. The van der Waals surface area contributed by atoms with Crippen LogP contribution in [0.1, 0.15) is 49.9 Å². The fourth-order valence-corrected chi connectivity index (χ4v) is 4.50. The maximum absolute atomic E-state index is 14.7. The molecule has 0 aromatic heterocycles. The molecule has 192 valence electrons. The average Bonchev–Trinajstić information content (AvgIpc) is 2.69. The molecule has 35 heavy (non-hydrogen) atoms. The van der Waals surface area contributed by atoms with Gasteiger partial charge >= 0.3 is 12.4 Å². The van der Waals surface area contributed by atoms with E-state index in [1.54, 1.807) is 0 Å². The molecule has 2 rings (SSSR count). The van der Waals surface area contributed by atoms with Crippen molar-refractivity contribution < 1.29 is 35.9 Å². The zero-order valence-electron chi connectivity index (χ0n) is 19.1. The highest BCUT2D eigenvalue weighted by Crippen LogP contribution is 2.58. The lowest BCUT2D eigenvalue weighted by atomic mass is 9.71. The average molecular weight is 543 g/mol. The Kier molecular flexibility index (Phi) is 8.44. The second kappa shape index (κ2) is 10.3. The number of hydrogen-bond acceptors (Lipinski definition) is 2. The van der Waals surface area contributed by atoms with Crippen LogP contribution in [0.4, 0.5) is 37.7 Å². The molecule has 2 aromatic carbocycles. The van der Waals surface area contributed by atoms with Crippen molar-refractivity contribution in [3.05, 3.63) is 56.6 Å². The number of anilines is 2. The van der Waals surface area contributed by atoms with Crippen molar-refractivity contribution in [1.29, 1.82) is 0 Å². The van der Waals surface area contributed by atoms with Crippen LogP contribution in [-0.4, -0.2) is 24.2 Å². The standard InChI is InChI=1S/C23H22Cl2F6N2O2/c1-5-13-7-15(9-17(24)19(13)32-11(3)34)21(22(26,27)28,23(29,30)31)16-8-14(6-2)20(18(25)10-16)33-12(4)35/h7-10H,5-6H2,1-4H3,(H,32,34)(H,33,35). The Balaban J connectivity index is 3.05. The highest BCUT2D eigenvalue weighted by Gasteiger charge is 2.72. The summed E-state index contributed by atoms with van der Waals surface area (Å²) < 4.78 is 87.9. The summed E-state index contributed by atoms with van der Waals surface area (Å²) >= 11 is 12.2. The van der Waals surface area contributed by atoms with E-state index in [9.17, 15) is 35.9 Å². The SMILES string of the molecule is CCc1cc(C(c2cc(Cl)c(NC(C)=O)c(CC)c2)(C(F)(F)F)C(F)(F)F)cc(Cl)c1NC(C)=O. The molecule has 0 bridgehead atoms. The molecular formula is C23H22Cl2F6N2O2. The summed E-state index contributed by atoms with van der Waals surface area (Å²) in [6, 6.07) is 2.57. The molecule has 0 radical (unpaired) electrons. The molecule has 0 spiro atoms. The maximum Gasteiger partial charge on any atom is 0.411 e. The first-order valence-corrected chi connectivity index (χ1v) is 11.1. The number of hydrogen-bond donors (Lipinski definition) is 2. The predicted molar refractivity (Wildman–Crippen MR) is 123 cm³/mol. The first kappa shape index (κ1) is 28.8. The molecule has 2 N–H and O–H groups in total. The van der Waals surface area contributed by atoms with Gasteiger partial charge in [-0.1, -0.05) is 49.2 Å². The minimum absolute atomic E-state index is 0.0164. The Morgan fingerprint density at radius 1 is 0.714 bits per heavy atom. The van der Waals surface area contributed by atoms with Gasteiger partial charge in [0, 0.05) is 13.8 Å². The van der Waals surface area contributed by atoms with Crippen LogP contribution in [0.3, 0.4) is 0 Å². The second-order valence-corrected chi connectivity index (χ2v) is 8.61. The quantitative estimate of drug-likeness (QED) is 0.372. The fraction of sp³-hybridized carbons (Fsp3) is 0.391. The third kappa shape index (κ3) is 5.38. The molecule has 12 heteroatoms. The van der Waals surface area contributed by atoms with Crippen molar-refractivity contribution in [3.8, 4) is 0 Å². The van der Waals surface area contributed by atoms with Crippen LogP contribution in [-0.2, 0) is 27.8 Å². The lowest BCUT2D eigenvalue weighted by Crippen LogP contribution is -2.55. The Morgan fingerprint density at radius 2 is 1.03 bits per heavy atom. The minimum Gasteiger partial charge on any atom is -0.325 e. The van der Waals surface area contributed by atoms with Crippen LogP contribution in [0.5, 0.6) is 0 Å². The molecule has 2 amide bonds. The van der Waals surface area contributed by atoms with Gasteiger partial charge in [-0.3, -0.25) is 9.59 Å². The highest BCUT2D eigenvalue weighted by molar-refractivity contribution is 6.34. The third-order valence-electron chi connectivity index (χ3n) is 5.42. The van der Waals surface area contributed by atoms with Gasteiger partial charge in [0.1, 0.15) is 0 Å². The molecule has 0 fully saturated rings. The van der Waals surface area contributed by atoms with Gasteiger partial charge in [0.25, 0.3) is 0 Å². The summed E-state index contributed by atoms with van der Waals surface area (Å²) in [5, 5.41) is 3.73. The van der Waals surface area contributed by atoms with Gasteiger partial charge in [0.15, 0.2) is 0 Å². The van der Waals surface area contributed by atoms with E-state index in [4.69, 9.17) is 23.2 Å². The number of nitrogens with one attached hydrogen (secondary N) is 2. The molecular weight excluding hydrogens is 521 g/mol. The van der Waals surface area contributed by atoms with Crippen LogP contribution in [0.25, 0.3) is 0 Å². The van der Waals surface area contributed by atoms with Crippen LogP contribution >= 0.6 is 23.2 Å². The van der Waals surface area contributed by atoms with E-state index >= 15 is 0 Å². The zero-order valence-corrected chi connectivity index (χ0v) is 20.6. The number of carbonyl (C=O) groups is 2. The Hall–Kier alpha value is -2.46. The van der Waals surface area contributed by atoms with Crippen molar-refractivity contribution in [1.82, 2.24) is 0 Å². The van der Waals surface area contributed by atoms with E-state index in [2.05, 4.69) is 10.6 Å². The maximum atomic E-state index is 14.7. The molecule has 0 aliphatic heterocycles. The predicted octanol–water partition coefficient (Wildman–Crippen LogP) is 7.45. The highest BCUT2D eigenvalue weighted by atomic mass is 35.5. The van der Waals surface area contributed by atoms with E-state index in [0.29, 0.717) is 12.1 Å². The molecule has 4 nitrogen and oxygen atoms in total. The summed E-state index contributed by atoms with van der Waals surface area (Å²) in [4.78, 5) is 23.0. The van der Waals surface area contributed by atoms with Gasteiger partial charge in [-0.2, -0.15) is 26.3 Å². The molecule has 0 atom stereocenters. The van der Waals surface area contributed by atoms with Crippen LogP contribution in [0.15, 0.2) is 24.3 Å². The number of rotatable bonds is 6. The smallest absolute Gasteiger partial charge is 0.325 e. The van der Waals surface area contributed by atoms with Crippen molar-refractivity contribution in [2.45, 2.75) is 58.3 Å². The minimum atomic E-state index is -5.88. The molecule has 0 aliphatic rings. The Bertz CT molecular complexity index is 1060. The van der Waals surface area contributed by atoms with Crippen molar-refractivity contribution in [3.63, 3.8) is 0 Å². The molecule has 0 saturated carbocycles. The number of benzene rings is 2. The Morgan fingerprint density at radius 3 is 1.26 bits per heavy atom. The molecule has 0 aliphatic carbocycles. The van der Waals surface area contributed by atoms with Crippen molar-refractivity contribution in [2.75, 3.05) is 10.6 Å². The lowest BCUT2D eigenvalue weighted by molar-refractivity contribution is -0.288. The number of halogens is 8. The molecule has 0 heterocycles. The summed E-state index contributed by atoms with van der Waals surface area (Å²) in [6.07, 6.45) is -11.8. The molecule has 0 saturated heterocycles. The van der Waals surface area contributed by atoms with Crippen molar-refractivity contribution in [2.24, 2.45) is 0 Å². The number of carbonyl (C=O) groups excluding carboxylic acids is 2. The molecule has 0 unspecified atom stereocenters. The van der Waals surface area contributed by atoms with Gasteiger partial charge < -0.3 is 10.6 Å². The number of amides is 2. The monoisotopic (exact) mass is 542 g/mol. The summed E-state index contributed by atoms with van der Waals surface area (Å²) in [7, 11) is 0. The van der Waals surface area contributed by atoms with E-state index in [0.717, 1.165) is 26.0 Å². The zero-order chi connectivity index (χ0) is 26.9. The second-order valence-electron chi connectivity index (χ2n) is 7.80. The largest absolute Gasteiger partial charge is 0.411 e. The topological polar surface area (TPSA) is 58.2 Å². The van der Waals surface area contributed by atoms with Crippen LogP contribution in [0.2, 0.25) is 10.0 Å². The van der Waals surface area contributed by atoms with Crippen molar-refractivity contribution >= 4 is 46.4 Å². The van der Waals surface area contributed by atoms with E-state index in [1.165, 1.54) is 13.8 Å². The number of aryl methyl sites for hydroxylation is 2. The van der Waals surface area contributed by atoms with E-state index in [-0.39, 0.29) is 35.3 Å². The summed E-state index contributed by atoms with van der Waals surface area (Å²) in [5.74, 6) is -1.19. The van der Waals surface area contributed by atoms with Gasteiger partial charge in [0.05, 0.1) is 21.4 Å². The normalized spacial score (nSPS) is 12.5. The lowest BCUT2D eigenvalue weighted by Gasteiger charge is -2.39. The Labute approximate surface area is 208 Å². The third-order valence-corrected chi connectivity index (χ3v) is 6.02. The van der Waals surface area contributed by atoms with Gasteiger partial charge in [0.2, 0.25) is 17.2 Å².